The number of carboxylic acids is 1. The van der Waals surface area contributed by atoms with Crippen molar-refractivity contribution in [2.75, 3.05) is 11.4 Å². The molecule has 1 heterocycles. The quantitative estimate of drug-likeness (QED) is 0.912. The molecule has 2 aromatic rings. The van der Waals surface area contributed by atoms with Crippen LogP contribution in [-0.2, 0) is 11.3 Å². The third kappa shape index (κ3) is 3.96. The number of carboxylic acid groups (broad SMARTS) is 1. The lowest BCUT2D eigenvalue weighted by Crippen LogP contribution is -2.29. The van der Waals surface area contributed by atoms with E-state index < -0.39 is 5.97 Å². The molecule has 1 N–H and O–H groups in total. The highest BCUT2D eigenvalue weighted by molar-refractivity contribution is 6.30. The molecule has 1 aromatic carbocycles. The van der Waals surface area contributed by atoms with Gasteiger partial charge in [-0.3, -0.25) is 9.78 Å². The highest BCUT2D eigenvalue weighted by atomic mass is 35.5. The average Bonchev–Trinajstić information content (AvgIpc) is 2.39. The fourth-order valence-corrected chi connectivity index (χ4v) is 1.89. The van der Waals surface area contributed by atoms with Crippen molar-refractivity contribution in [1.82, 2.24) is 4.98 Å². The number of carbonyl (C=O) groups is 1. The summed E-state index contributed by atoms with van der Waals surface area (Å²) in [5.74, 6) is -0.876. The second-order valence-electron chi connectivity index (χ2n) is 4.09. The van der Waals surface area contributed by atoms with Gasteiger partial charge in [0, 0.05) is 29.6 Å². The molecule has 98 valence electrons. The molecule has 19 heavy (non-hydrogen) atoms. The number of pyridine rings is 1. The standard InChI is InChI=1S/C14H13ClN2O2/c15-12-3-5-13(6-4-12)17(10-14(18)19)9-11-2-1-7-16-8-11/h1-8H,9-10H2,(H,18,19). The third-order valence-electron chi connectivity index (χ3n) is 2.61. The Morgan fingerprint density at radius 1 is 1.26 bits per heavy atom. The number of halogens is 1. The molecule has 5 heteroatoms. The Kier molecular flexibility index (Phi) is 4.36. The van der Waals surface area contributed by atoms with Crippen LogP contribution in [0.15, 0.2) is 48.8 Å². The van der Waals surface area contributed by atoms with Crippen LogP contribution in [-0.4, -0.2) is 22.6 Å². The molecule has 2 rings (SSSR count). The first-order valence-corrected chi connectivity index (χ1v) is 6.14. The van der Waals surface area contributed by atoms with Crippen LogP contribution >= 0.6 is 11.6 Å². The van der Waals surface area contributed by atoms with Crippen LogP contribution in [0.25, 0.3) is 0 Å². The number of benzene rings is 1. The number of aliphatic carboxylic acids is 1. The minimum atomic E-state index is -0.876. The first kappa shape index (κ1) is 13.4. The van der Waals surface area contributed by atoms with E-state index in [1.165, 1.54) is 0 Å². The van der Waals surface area contributed by atoms with Gasteiger partial charge >= 0.3 is 5.97 Å². The molecule has 0 aliphatic rings. The predicted octanol–water partition coefficient (Wildman–Crippen LogP) is 2.83. The Balaban J connectivity index is 2.20. The summed E-state index contributed by atoms with van der Waals surface area (Å²) in [7, 11) is 0. The Hall–Kier alpha value is -2.07. The number of anilines is 1. The van der Waals surface area contributed by atoms with E-state index in [-0.39, 0.29) is 6.54 Å². The summed E-state index contributed by atoms with van der Waals surface area (Å²) in [5.41, 5.74) is 1.77. The van der Waals surface area contributed by atoms with Crippen molar-refractivity contribution in [3.05, 3.63) is 59.4 Å². The minimum Gasteiger partial charge on any atom is -0.480 e. The summed E-state index contributed by atoms with van der Waals surface area (Å²) < 4.78 is 0. The van der Waals surface area contributed by atoms with Crippen LogP contribution in [0.1, 0.15) is 5.56 Å². The van der Waals surface area contributed by atoms with E-state index in [1.54, 1.807) is 29.4 Å². The highest BCUT2D eigenvalue weighted by Crippen LogP contribution is 2.19. The van der Waals surface area contributed by atoms with Crippen LogP contribution < -0.4 is 4.90 Å². The zero-order chi connectivity index (χ0) is 13.7. The second-order valence-corrected chi connectivity index (χ2v) is 4.52. The summed E-state index contributed by atoms with van der Waals surface area (Å²) in [6, 6.07) is 10.8. The maximum absolute atomic E-state index is 11.0. The monoisotopic (exact) mass is 276 g/mol. The molecule has 0 amide bonds. The van der Waals surface area contributed by atoms with Gasteiger partial charge in [0.15, 0.2) is 0 Å². The molecular weight excluding hydrogens is 264 g/mol. The van der Waals surface area contributed by atoms with Crippen LogP contribution in [0, 0.1) is 0 Å². The lowest BCUT2D eigenvalue weighted by atomic mass is 10.2. The maximum Gasteiger partial charge on any atom is 0.323 e. The molecule has 0 aliphatic heterocycles. The van der Waals surface area contributed by atoms with Gasteiger partial charge < -0.3 is 10.0 Å². The molecule has 0 saturated carbocycles. The van der Waals surface area contributed by atoms with Crippen LogP contribution in [0.3, 0.4) is 0 Å². The van der Waals surface area contributed by atoms with Gasteiger partial charge in [0.1, 0.15) is 6.54 Å². The van der Waals surface area contributed by atoms with Crippen molar-refractivity contribution >= 4 is 23.3 Å². The van der Waals surface area contributed by atoms with Crippen LogP contribution in [0.4, 0.5) is 5.69 Å². The van der Waals surface area contributed by atoms with Crippen molar-refractivity contribution < 1.29 is 9.90 Å². The first-order chi connectivity index (χ1) is 9.15. The Bertz CT molecular complexity index is 543. The Morgan fingerprint density at radius 2 is 2.00 bits per heavy atom. The minimum absolute atomic E-state index is 0.0729. The van der Waals surface area contributed by atoms with Crippen molar-refractivity contribution in [3.63, 3.8) is 0 Å². The number of hydrogen-bond donors (Lipinski definition) is 1. The van der Waals surface area contributed by atoms with Crippen molar-refractivity contribution in [2.24, 2.45) is 0 Å². The number of hydrogen-bond acceptors (Lipinski definition) is 3. The van der Waals surface area contributed by atoms with Gasteiger partial charge in [-0.1, -0.05) is 17.7 Å². The van der Waals surface area contributed by atoms with E-state index in [0.717, 1.165) is 11.3 Å². The van der Waals surface area contributed by atoms with Gasteiger partial charge in [0.2, 0.25) is 0 Å². The molecule has 0 bridgehead atoms. The fraction of sp³-hybridized carbons (Fsp3) is 0.143. The second kappa shape index (κ2) is 6.20. The Labute approximate surface area is 116 Å². The summed E-state index contributed by atoms with van der Waals surface area (Å²) in [4.78, 5) is 16.7. The normalized spacial score (nSPS) is 10.2. The zero-order valence-electron chi connectivity index (χ0n) is 10.2. The molecule has 0 unspecified atom stereocenters. The van der Waals surface area contributed by atoms with Crippen molar-refractivity contribution in [3.8, 4) is 0 Å². The van der Waals surface area contributed by atoms with Gasteiger partial charge in [-0.2, -0.15) is 0 Å². The van der Waals surface area contributed by atoms with Crippen LogP contribution in [0.2, 0.25) is 5.02 Å². The van der Waals surface area contributed by atoms with Gasteiger partial charge in [0.05, 0.1) is 0 Å². The summed E-state index contributed by atoms with van der Waals surface area (Å²) in [5, 5.41) is 9.62. The topological polar surface area (TPSA) is 53.4 Å². The molecule has 0 radical (unpaired) electrons. The van der Waals surface area contributed by atoms with Crippen LogP contribution in [0.5, 0.6) is 0 Å². The van der Waals surface area contributed by atoms with Gasteiger partial charge in [0.25, 0.3) is 0 Å². The number of aromatic nitrogens is 1. The van der Waals surface area contributed by atoms with E-state index in [4.69, 9.17) is 16.7 Å². The van der Waals surface area contributed by atoms with E-state index >= 15 is 0 Å². The molecule has 0 aliphatic carbocycles. The first-order valence-electron chi connectivity index (χ1n) is 5.76. The molecule has 0 spiro atoms. The molecule has 4 nitrogen and oxygen atoms in total. The molecule has 0 atom stereocenters. The van der Waals surface area contributed by atoms with Crippen molar-refractivity contribution in [1.29, 1.82) is 0 Å². The largest absolute Gasteiger partial charge is 0.480 e. The van der Waals surface area contributed by atoms with Gasteiger partial charge in [-0.05, 0) is 35.9 Å². The smallest absolute Gasteiger partial charge is 0.323 e. The molecule has 0 fully saturated rings. The van der Waals surface area contributed by atoms with E-state index in [0.29, 0.717) is 11.6 Å². The molecular formula is C14H13ClN2O2. The van der Waals surface area contributed by atoms with Gasteiger partial charge in [-0.15, -0.1) is 0 Å². The fourth-order valence-electron chi connectivity index (χ4n) is 1.77. The van der Waals surface area contributed by atoms with E-state index in [1.807, 2.05) is 24.3 Å². The predicted molar refractivity (Wildman–Crippen MR) is 74.4 cm³/mol. The maximum atomic E-state index is 11.0. The van der Waals surface area contributed by atoms with E-state index in [9.17, 15) is 4.79 Å². The SMILES string of the molecule is O=C(O)CN(Cc1cccnc1)c1ccc(Cl)cc1. The van der Waals surface area contributed by atoms with Gasteiger partial charge in [-0.25, -0.2) is 0 Å². The summed E-state index contributed by atoms with van der Waals surface area (Å²) >= 11 is 5.84. The number of nitrogens with zero attached hydrogens (tertiary/aromatic N) is 2. The highest BCUT2D eigenvalue weighted by Gasteiger charge is 2.11. The lowest BCUT2D eigenvalue weighted by Gasteiger charge is -2.22. The number of rotatable bonds is 5. The zero-order valence-corrected chi connectivity index (χ0v) is 10.9. The Morgan fingerprint density at radius 3 is 2.58 bits per heavy atom. The average molecular weight is 277 g/mol. The lowest BCUT2D eigenvalue weighted by molar-refractivity contribution is -0.135. The summed E-state index contributed by atoms with van der Waals surface area (Å²) in [6.45, 7) is 0.415. The summed E-state index contributed by atoms with van der Waals surface area (Å²) in [6.07, 6.45) is 3.41. The van der Waals surface area contributed by atoms with E-state index in [2.05, 4.69) is 4.98 Å². The molecule has 1 aromatic heterocycles. The molecule has 0 saturated heterocycles. The third-order valence-corrected chi connectivity index (χ3v) is 2.87. The van der Waals surface area contributed by atoms with Crippen molar-refractivity contribution in [2.45, 2.75) is 6.54 Å².